The number of hydrogen-bond donors (Lipinski definition) is 1. The second-order valence-corrected chi connectivity index (χ2v) is 7.06. The lowest BCUT2D eigenvalue weighted by Gasteiger charge is -2.36. The highest BCUT2D eigenvalue weighted by molar-refractivity contribution is 5.77. The summed E-state index contributed by atoms with van der Waals surface area (Å²) in [6.45, 7) is 2.59. The van der Waals surface area contributed by atoms with E-state index in [-0.39, 0.29) is 25.3 Å². The molecule has 3 heterocycles. The van der Waals surface area contributed by atoms with Gasteiger partial charge in [0, 0.05) is 49.8 Å². The second-order valence-electron chi connectivity index (χ2n) is 7.06. The third-order valence-electron chi connectivity index (χ3n) is 5.01. The van der Waals surface area contributed by atoms with Gasteiger partial charge in [-0.3, -0.25) is 4.79 Å². The zero-order valence-corrected chi connectivity index (χ0v) is 15.1. The van der Waals surface area contributed by atoms with Crippen LogP contribution in [0.1, 0.15) is 24.1 Å². The molecule has 2 aromatic heterocycles. The SMILES string of the molecule is Cc1nc2ncccc2cc1CCC(=O)NCC1CN(C)CCC1(F)F. The molecular formula is C19H24F2N4O. The Bertz CT molecular complexity index is 796. The lowest BCUT2D eigenvalue weighted by atomic mass is 9.93. The number of aromatic nitrogens is 2. The van der Waals surface area contributed by atoms with Crippen LogP contribution in [0, 0.1) is 12.8 Å². The van der Waals surface area contributed by atoms with Crippen molar-refractivity contribution in [3.63, 3.8) is 0 Å². The first-order chi connectivity index (χ1) is 12.3. The molecule has 1 unspecified atom stereocenters. The zero-order valence-electron chi connectivity index (χ0n) is 15.1. The van der Waals surface area contributed by atoms with Gasteiger partial charge in [0.1, 0.15) is 0 Å². The number of hydrogen-bond acceptors (Lipinski definition) is 4. The number of halogens is 2. The third kappa shape index (κ3) is 4.33. The standard InChI is InChI=1S/C19H24F2N4O/c1-13-14(10-15-4-3-8-22-18(15)24-13)5-6-17(26)23-11-16-12-25(2)9-7-19(16,20)21/h3-4,8,10,16H,5-7,9,11-12H2,1-2H3,(H,23,26). The fourth-order valence-electron chi connectivity index (χ4n) is 3.32. The van der Waals surface area contributed by atoms with Gasteiger partial charge in [-0.15, -0.1) is 0 Å². The van der Waals surface area contributed by atoms with E-state index in [0.29, 0.717) is 25.2 Å². The number of amides is 1. The number of pyridine rings is 2. The highest BCUT2D eigenvalue weighted by Crippen LogP contribution is 2.32. The highest BCUT2D eigenvalue weighted by Gasteiger charge is 2.43. The molecule has 0 radical (unpaired) electrons. The van der Waals surface area contributed by atoms with Crippen LogP contribution in [0.5, 0.6) is 0 Å². The Labute approximate surface area is 151 Å². The van der Waals surface area contributed by atoms with Crippen molar-refractivity contribution in [2.45, 2.75) is 32.1 Å². The number of rotatable bonds is 5. The average Bonchev–Trinajstić information content (AvgIpc) is 2.60. The van der Waals surface area contributed by atoms with Gasteiger partial charge >= 0.3 is 0 Å². The summed E-state index contributed by atoms with van der Waals surface area (Å²) in [7, 11) is 1.83. The molecular weight excluding hydrogens is 338 g/mol. The van der Waals surface area contributed by atoms with E-state index in [1.54, 1.807) is 6.20 Å². The molecule has 0 bridgehead atoms. The fraction of sp³-hybridized carbons (Fsp3) is 0.526. The molecule has 3 rings (SSSR count). The molecule has 5 nitrogen and oxygen atoms in total. The van der Waals surface area contributed by atoms with Gasteiger partial charge in [-0.05, 0) is 44.2 Å². The molecule has 1 N–H and O–H groups in total. The highest BCUT2D eigenvalue weighted by atomic mass is 19.3. The number of carbonyl (C=O) groups excluding carboxylic acids is 1. The van der Waals surface area contributed by atoms with E-state index in [4.69, 9.17) is 0 Å². The smallest absolute Gasteiger partial charge is 0.255 e. The monoisotopic (exact) mass is 362 g/mol. The van der Waals surface area contributed by atoms with Crippen molar-refractivity contribution < 1.29 is 13.6 Å². The van der Waals surface area contributed by atoms with Crippen molar-refractivity contribution in [3.05, 3.63) is 35.7 Å². The lowest BCUT2D eigenvalue weighted by Crippen LogP contribution is -2.50. The molecule has 1 aliphatic rings. The predicted molar refractivity (Wildman–Crippen MR) is 96.2 cm³/mol. The lowest BCUT2D eigenvalue weighted by molar-refractivity contribution is -0.124. The summed E-state index contributed by atoms with van der Waals surface area (Å²) in [6, 6.07) is 5.76. The van der Waals surface area contributed by atoms with Gasteiger partial charge in [0.25, 0.3) is 5.92 Å². The van der Waals surface area contributed by atoms with Crippen LogP contribution in [0.15, 0.2) is 24.4 Å². The number of nitrogens with one attached hydrogen (secondary N) is 1. The van der Waals surface area contributed by atoms with Crippen LogP contribution < -0.4 is 5.32 Å². The normalized spacial score (nSPS) is 20.2. The quantitative estimate of drug-likeness (QED) is 0.888. The van der Waals surface area contributed by atoms with Crippen LogP contribution in [-0.2, 0) is 11.2 Å². The average molecular weight is 362 g/mol. The van der Waals surface area contributed by atoms with E-state index in [1.165, 1.54) is 0 Å². The molecule has 140 valence electrons. The molecule has 1 aliphatic heterocycles. The van der Waals surface area contributed by atoms with E-state index in [9.17, 15) is 13.6 Å². The Kier molecular flexibility index (Phi) is 5.46. The van der Waals surface area contributed by atoms with Crippen molar-refractivity contribution in [1.82, 2.24) is 20.2 Å². The first-order valence-electron chi connectivity index (χ1n) is 8.89. The van der Waals surface area contributed by atoms with Crippen molar-refractivity contribution in [3.8, 4) is 0 Å². The molecule has 7 heteroatoms. The summed E-state index contributed by atoms with van der Waals surface area (Å²) >= 11 is 0. The molecule has 1 fully saturated rings. The maximum Gasteiger partial charge on any atom is 0.255 e. The first-order valence-corrected chi connectivity index (χ1v) is 8.89. The van der Waals surface area contributed by atoms with Gasteiger partial charge in [-0.25, -0.2) is 18.7 Å². The van der Waals surface area contributed by atoms with Crippen molar-refractivity contribution in [1.29, 1.82) is 0 Å². The Morgan fingerprint density at radius 2 is 2.27 bits per heavy atom. The van der Waals surface area contributed by atoms with Crippen LogP contribution in [0.3, 0.4) is 0 Å². The number of nitrogens with zero attached hydrogens (tertiary/aromatic N) is 3. The predicted octanol–water partition coefficient (Wildman–Crippen LogP) is 2.57. The maximum atomic E-state index is 14.0. The Morgan fingerprint density at radius 3 is 3.08 bits per heavy atom. The van der Waals surface area contributed by atoms with E-state index >= 15 is 0 Å². The minimum absolute atomic E-state index is 0.00897. The number of likely N-dealkylation sites (tertiary alicyclic amines) is 1. The minimum Gasteiger partial charge on any atom is -0.356 e. The van der Waals surface area contributed by atoms with Gasteiger partial charge in [0.05, 0.1) is 5.92 Å². The van der Waals surface area contributed by atoms with Gasteiger partial charge in [0.2, 0.25) is 5.91 Å². The summed E-state index contributed by atoms with van der Waals surface area (Å²) in [5.41, 5.74) is 2.50. The molecule has 1 amide bonds. The molecule has 26 heavy (non-hydrogen) atoms. The van der Waals surface area contributed by atoms with Gasteiger partial charge in [-0.2, -0.15) is 0 Å². The molecule has 0 aromatic carbocycles. The van der Waals surface area contributed by atoms with Gasteiger partial charge in [0.15, 0.2) is 5.65 Å². The van der Waals surface area contributed by atoms with Crippen LogP contribution in [0.4, 0.5) is 8.78 Å². The van der Waals surface area contributed by atoms with Crippen molar-refractivity contribution in [2.24, 2.45) is 5.92 Å². The topological polar surface area (TPSA) is 58.1 Å². The summed E-state index contributed by atoms with van der Waals surface area (Å²) in [4.78, 5) is 22.7. The Hall–Kier alpha value is -2.15. The first kappa shape index (κ1) is 18.6. The number of fused-ring (bicyclic) bond motifs is 1. The number of aryl methyl sites for hydroxylation is 2. The number of piperidine rings is 1. The molecule has 1 saturated heterocycles. The number of carbonyl (C=O) groups is 1. The van der Waals surface area contributed by atoms with Gasteiger partial charge in [-0.1, -0.05) is 0 Å². The van der Waals surface area contributed by atoms with E-state index in [1.807, 2.05) is 37.1 Å². The van der Waals surface area contributed by atoms with E-state index in [0.717, 1.165) is 16.6 Å². The summed E-state index contributed by atoms with van der Waals surface area (Å²) in [5.74, 6) is -3.76. The van der Waals surface area contributed by atoms with Crippen molar-refractivity contribution >= 4 is 16.9 Å². The van der Waals surface area contributed by atoms with Crippen LogP contribution in [0.25, 0.3) is 11.0 Å². The van der Waals surface area contributed by atoms with Crippen molar-refractivity contribution in [2.75, 3.05) is 26.7 Å². The summed E-state index contributed by atoms with van der Waals surface area (Å²) in [6.07, 6.45) is 2.32. The summed E-state index contributed by atoms with van der Waals surface area (Å²) < 4.78 is 27.9. The molecule has 0 aliphatic carbocycles. The van der Waals surface area contributed by atoms with Gasteiger partial charge < -0.3 is 10.2 Å². The molecule has 2 aromatic rings. The fourth-order valence-corrected chi connectivity index (χ4v) is 3.32. The molecule has 0 saturated carbocycles. The number of alkyl halides is 2. The van der Waals surface area contributed by atoms with E-state index < -0.39 is 11.8 Å². The largest absolute Gasteiger partial charge is 0.356 e. The summed E-state index contributed by atoms with van der Waals surface area (Å²) in [5, 5.41) is 3.61. The zero-order chi connectivity index (χ0) is 18.7. The van der Waals surface area contributed by atoms with Crippen LogP contribution in [-0.4, -0.2) is 53.4 Å². The molecule has 0 spiro atoms. The Morgan fingerprint density at radius 1 is 1.46 bits per heavy atom. The second kappa shape index (κ2) is 7.61. The Balaban J connectivity index is 1.55. The van der Waals surface area contributed by atoms with Crippen LogP contribution in [0.2, 0.25) is 0 Å². The minimum atomic E-state index is -2.72. The third-order valence-corrected chi connectivity index (χ3v) is 5.01. The molecule has 1 atom stereocenters. The van der Waals surface area contributed by atoms with Crippen LogP contribution >= 0.6 is 0 Å². The maximum absolute atomic E-state index is 14.0. The van der Waals surface area contributed by atoms with E-state index in [2.05, 4.69) is 15.3 Å².